The van der Waals surface area contributed by atoms with Crippen LogP contribution in [0.1, 0.15) is 60.5 Å². The molecule has 1 saturated carbocycles. The van der Waals surface area contributed by atoms with E-state index in [1.807, 2.05) is 11.8 Å². The fraction of sp³-hybridized carbons (Fsp3) is 0.562. The van der Waals surface area contributed by atoms with Crippen LogP contribution in [-0.2, 0) is 0 Å². The van der Waals surface area contributed by atoms with Crippen LogP contribution in [0.5, 0.6) is 0 Å². The Labute approximate surface area is 143 Å². The zero-order valence-electron chi connectivity index (χ0n) is 13.1. The molecule has 3 heterocycles. The predicted molar refractivity (Wildman–Crippen MR) is 93.3 cm³/mol. The zero-order chi connectivity index (χ0) is 15.8. The lowest BCUT2D eigenvalue weighted by molar-refractivity contribution is 0.206. The highest BCUT2D eigenvalue weighted by Crippen LogP contribution is 2.38. The molecule has 0 radical (unpaired) electrons. The highest BCUT2D eigenvalue weighted by Gasteiger charge is 2.32. The number of likely N-dealkylation sites (tertiary alicyclic amines) is 1. The first kappa shape index (κ1) is 15.1. The maximum absolute atomic E-state index is 12.6. The van der Waals surface area contributed by atoms with Crippen LogP contribution in [0.15, 0.2) is 10.8 Å². The molecule has 2 aromatic heterocycles. The lowest BCUT2D eigenvalue weighted by Gasteiger charge is -2.24. The monoisotopic (exact) mass is 348 g/mol. The lowest BCUT2D eigenvalue weighted by atomic mass is 9.83. The molecular weight excluding hydrogens is 328 g/mol. The van der Waals surface area contributed by atoms with Crippen LogP contribution in [0.4, 0.5) is 9.93 Å². The van der Waals surface area contributed by atoms with Gasteiger partial charge in [0, 0.05) is 23.2 Å². The van der Waals surface area contributed by atoms with Gasteiger partial charge in [-0.25, -0.2) is 14.8 Å². The summed E-state index contributed by atoms with van der Waals surface area (Å²) in [6.07, 6.45) is 5.77. The molecule has 1 aliphatic heterocycles. The molecule has 0 spiro atoms. The zero-order valence-corrected chi connectivity index (χ0v) is 14.8. The number of urea groups is 1. The molecule has 122 valence electrons. The predicted octanol–water partition coefficient (Wildman–Crippen LogP) is 4.54. The van der Waals surface area contributed by atoms with Gasteiger partial charge < -0.3 is 4.90 Å². The van der Waals surface area contributed by atoms with Gasteiger partial charge in [0.05, 0.1) is 22.4 Å². The Kier molecular flexibility index (Phi) is 4.07. The van der Waals surface area contributed by atoms with E-state index >= 15 is 0 Å². The molecular formula is C16H20N4OS2. The number of carbonyl (C=O) groups is 1. The number of amides is 2. The molecule has 2 amide bonds. The molecule has 0 aromatic carbocycles. The summed E-state index contributed by atoms with van der Waals surface area (Å²) in [6, 6.07) is 0.0543. The van der Waals surface area contributed by atoms with Crippen molar-refractivity contribution < 1.29 is 4.79 Å². The smallest absolute Gasteiger partial charge is 0.316 e. The second-order valence-electron chi connectivity index (χ2n) is 6.28. The van der Waals surface area contributed by atoms with Crippen LogP contribution < -0.4 is 5.32 Å². The fourth-order valence-corrected chi connectivity index (χ4v) is 4.69. The van der Waals surface area contributed by atoms with Gasteiger partial charge in [0.15, 0.2) is 5.13 Å². The van der Waals surface area contributed by atoms with Gasteiger partial charge in [0.1, 0.15) is 0 Å². The molecule has 1 saturated heterocycles. The summed E-state index contributed by atoms with van der Waals surface area (Å²) >= 11 is 3.18. The molecule has 1 unspecified atom stereocenters. The third kappa shape index (κ3) is 2.99. The highest BCUT2D eigenvalue weighted by molar-refractivity contribution is 7.14. The molecule has 1 atom stereocenters. The first-order valence-corrected chi connectivity index (χ1v) is 9.91. The van der Waals surface area contributed by atoms with E-state index in [1.54, 1.807) is 11.3 Å². The van der Waals surface area contributed by atoms with E-state index in [9.17, 15) is 4.79 Å². The van der Waals surface area contributed by atoms with Gasteiger partial charge in [-0.1, -0.05) is 6.42 Å². The number of anilines is 1. The number of aryl methyl sites for hydroxylation is 1. The number of hydrogen-bond donors (Lipinski definition) is 1. The average molecular weight is 348 g/mol. The quantitative estimate of drug-likeness (QED) is 0.885. The van der Waals surface area contributed by atoms with Crippen molar-refractivity contribution in [2.24, 2.45) is 0 Å². The van der Waals surface area contributed by atoms with Crippen molar-refractivity contribution in [1.29, 1.82) is 0 Å². The molecule has 2 fully saturated rings. The van der Waals surface area contributed by atoms with Gasteiger partial charge in [0.2, 0.25) is 0 Å². The van der Waals surface area contributed by atoms with Crippen LogP contribution >= 0.6 is 22.7 Å². The van der Waals surface area contributed by atoms with Crippen molar-refractivity contribution >= 4 is 33.8 Å². The van der Waals surface area contributed by atoms with E-state index in [2.05, 4.69) is 26.0 Å². The van der Waals surface area contributed by atoms with Crippen LogP contribution in [-0.4, -0.2) is 27.4 Å². The van der Waals surface area contributed by atoms with E-state index in [1.165, 1.54) is 30.6 Å². The summed E-state index contributed by atoms with van der Waals surface area (Å²) in [4.78, 5) is 23.7. The van der Waals surface area contributed by atoms with E-state index in [0.717, 1.165) is 40.9 Å². The minimum atomic E-state index is -0.0485. The largest absolute Gasteiger partial charge is 0.324 e. The van der Waals surface area contributed by atoms with Gasteiger partial charge in [-0.05, 0) is 32.6 Å². The summed E-state index contributed by atoms with van der Waals surface area (Å²) in [6.45, 7) is 2.79. The van der Waals surface area contributed by atoms with E-state index in [4.69, 9.17) is 0 Å². The number of thiazole rings is 2. The Hall–Kier alpha value is -1.47. The minimum absolute atomic E-state index is 0.0485. The molecule has 2 aromatic rings. The molecule has 1 N–H and O–H groups in total. The van der Waals surface area contributed by atoms with Gasteiger partial charge in [-0.2, -0.15) is 0 Å². The average Bonchev–Trinajstić information content (AvgIpc) is 3.16. The number of hydrogen-bond acceptors (Lipinski definition) is 5. The van der Waals surface area contributed by atoms with Crippen LogP contribution in [0.2, 0.25) is 0 Å². The number of nitrogens with zero attached hydrogens (tertiary/aromatic N) is 3. The van der Waals surface area contributed by atoms with Gasteiger partial charge in [0.25, 0.3) is 0 Å². The fourth-order valence-electron chi connectivity index (χ4n) is 3.25. The molecule has 5 nitrogen and oxygen atoms in total. The number of aromatic nitrogens is 2. The Morgan fingerprint density at radius 3 is 2.70 bits per heavy atom. The highest BCUT2D eigenvalue weighted by atomic mass is 32.1. The summed E-state index contributed by atoms with van der Waals surface area (Å²) in [7, 11) is 0. The van der Waals surface area contributed by atoms with Gasteiger partial charge >= 0.3 is 6.03 Å². The number of rotatable bonds is 3. The van der Waals surface area contributed by atoms with Crippen LogP contribution in [0.25, 0.3) is 0 Å². The van der Waals surface area contributed by atoms with Crippen molar-refractivity contribution in [3.8, 4) is 0 Å². The van der Waals surface area contributed by atoms with Crippen molar-refractivity contribution in [2.75, 3.05) is 11.9 Å². The third-order valence-corrected chi connectivity index (χ3v) is 6.32. The normalized spacial score (nSPS) is 21.4. The number of nitrogens with one attached hydrogen (secondary N) is 1. The Morgan fingerprint density at radius 1 is 1.17 bits per heavy atom. The maximum Gasteiger partial charge on any atom is 0.324 e. The lowest BCUT2D eigenvalue weighted by Crippen LogP contribution is -2.34. The number of carbonyl (C=O) groups excluding carboxylic acids is 1. The third-order valence-electron chi connectivity index (χ3n) is 4.75. The summed E-state index contributed by atoms with van der Waals surface area (Å²) in [5.74, 6) is 0.606. The van der Waals surface area contributed by atoms with Crippen molar-refractivity contribution in [2.45, 2.75) is 51.0 Å². The Bertz CT molecular complexity index is 707. The molecule has 4 rings (SSSR count). The van der Waals surface area contributed by atoms with E-state index < -0.39 is 0 Å². The summed E-state index contributed by atoms with van der Waals surface area (Å²) in [5.41, 5.74) is 2.17. The summed E-state index contributed by atoms with van der Waals surface area (Å²) < 4.78 is 0. The Balaban J connectivity index is 1.44. The second-order valence-corrected chi connectivity index (χ2v) is 8.20. The van der Waals surface area contributed by atoms with Crippen LogP contribution in [0, 0.1) is 6.92 Å². The van der Waals surface area contributed by atoms with Crippen molar-refractivity contribution in [3.05, 3.63) is 27.2 Å². The molecule has 2 aliphatic rings. The second kappa shape index (κ2) is 6.20. The minimum Gasteiger partial charge on any atom is -0.316 e. The van der Waals surface area contributed by atoms with E-state index in [0.29, 0.717) is 5.92 Å². The summed E-state index contributed by atoms with van der Waals surface area (Å²) in [5, 5.41) is 8.92. The molecule has 23 heavy (non-hydrogen) atoms. The van der Waals surface area contributed by atoms with Crippen molar-refractivity contribution in [3.63, 3.8) is 0 Å². The standard InChI is InChI=1S/C16H20N4OS2/c1-10-17-13(9-22-10)14-6-3-7-20(14)16(21)19-15-18-12(8-23-15)11-4-2-5-11/h8-9,11,14H,2-7H2,1H3,(H,18,19,21). The molecule has 0 bridgehead atoms. The molecule has 1 aliphatic carbocycles. The first-order valence-electron chi connectivity index (χ1n) is 8.16. The maximum atomic E-state index is 12.6. The first-order chi connectivity index (χ1) is 11.2. The van der Waals surface area contributed by atoms with Gasteiger partial charge in [-0.15, -0.1) is 22.7 Å². The SMILES string of the molecule is Cc1nc(C2CCCN2C(=O)Nc2nc(C3CCC3)cs2)cs1. The molecule has 7 heteroatoms. The topological polar surface area (TPSA) is 58.1 Å². The Morgan fingerprint density at radius 2 is 2.00 bits per heavy atom. The van der Waals surface area contributed by atoms with Crippen molar-refractivity contribution in [1.82, 2.24) is 14.9 Å². The van der Waals surface area contributed by atoms with Gasteiger partial charge in [-0.3, -0.25) is 5.32 Å². The van der Waals surface area contributed by atoms with Crippen LogP contribution in [0.3, 0.4) is 0 Å². The van der Waals surface area contributed by atoms with E-state index in [-0.39, 0.29) is 12.1 Å².